The van der Waals surface area contributed by atoms with Crippen LogP contribution >= 0.6 is 35.0 Å². The van der Waals surface area contributed by atoms with E-state index in [2.05, 4.69) is 12.2 Å². The Bertz CT molecular complexity index is 411. The summed E-state index contributed by atoms with van der Waals surface area (Å²) in [5.41, 5.74) is 0. The van der Waals surface area contributed by atoms with Gasteiger partial charge in [0.05, 0.1) is 5.02 Å². The Morgan fingerprint density at radius 3 is 2.95 bits per heavy atom. The van der Waals surface area contributed by atoms with Crippen molar-refractivity contribution in [3.8, 4) is 0 Å². The van der Waals surface area contributed by atoms with E-state index >= 15 is 0 Å². The molecule has 1 N–H and O–H groups in total. The van der Waals surface area contributed by atoms with Crippen LogP contribution in [0, 0.1) is 5.92 Å². The molecule has 2 rings (SSSR count). The summed E-state index contributed by atoms with van der Waals surface area (Å²) in [5.74, 6) is 1.91. The molecule has 0 amide bonds. The van der Waals surface area contributed by atoms with Gasteiger partial charge in [-0.25, -0.2) is 0 Å². The third-order valence-corrected chi connectivity index (χ3v) is 5.36. The summed E-state index contributed by atoms with van der Waals surface area (Å²) < 4.78 is 0. The van der Waals surface area contributed by atoms with Crippen molar-refractivity contribution in [1.29, 1.82) is 0 Å². The molecule has 1 aliphatic carbocycles. The van der Waals surface area contributed by atoms with Gasteiger partial charge in [0.1, 0.15) is 0 Å². The molecule has 1 aromatic rings. The zero-order chi connectivity index (χ0) is 13.7. The lowest BCUT2D eigenvalue weighted by Crippen LogP contribution is -2.34. The van der Waals surface area contributed by atoms with Crippen molar-refractivity contribution >= 4 is 35.0 Å². The Morgan fingerprint density at radius 2 is 2.16 bits per heavy atom. The monoisotopic (exact) mass is 317 g/mol. The van der Waals surface area contributed by atoms with Gasteiger partial charge < -0.3 is 5.32 Å². The Morgan fingerprint density at radius 1 is 1.32 bits per heavy atom. The average molecular weight is 318 g/mol. The minimum Gasteiger partial charge on any atom is -0.313 e. The van der Waals surface area contributed by atoms with Gasteiger partial charge >= 0.3 is 0 Å². The highest BCUT2D eigenvalue weighted by Crippen LogP contribution is 2.29. The molecule has 2 atom stereocenters. The molecule has 4 heteroatoms. The van der Waals surface area contributed by atoms with Gasteiger partial charge in [0.2, 0.25) is 0 Å². The van der Waals surface area contributed by atoms with Gasteiger partial charge in [0, 0.05) is 28.3 Å². The van der Waals surface area contributed by atoms with Crippen LogP contribution in [0.3, 0.4) is 0 Å². The maximum absolute atomic E-state index is 6.14. The van der Waals surface area contributed by atoms with E-state index in [0.29, 0.717) is 6.04 Å². The molecule has 0 aromatic heterocycles. The lowest BCUT2D eigenvalue weighted by Gasteiger charge is -2.27. The second kappa shape index (κ2) is 7.78. The van der Waals surface area contributed by atoms with Crippen LogP contribution in [0.5, 0.6) is 0 Å². The van der Waals surface area contributed by atoms with Gasteiger partial charge in [-0.3, -0.25) is 0 Å². The van der Waals surface area contributed by atoms with Crippen molar-refractivity contribution in [2.45, 2.75) is 43.5 Å². The normalized spacial score (nSPS) is 23.5. The molecule has 1 fully saturated rings. The quantitative estimate of drug-likeness (QED) is 0.587. The fourth-order valence-electron chi connectivity index (χ4n) is 2.63. The third kappa shape index (κ3) is 5.18. The predicted molar refractivity (Wildman–Crippen MR) is 86.6 cm³/mol. The molecule has 0 radical (unpaired) electrons. The second-order valence-corrected chi connectivity index (χ2v) is 7.33. The number of hydrogen-bond donors (Lipinski definition) is 1. The fraction of sp³-hybridized carbons (Fsp3) is 0.600. The van der Waals surface area contributed by atoms with Gasteiger partial charge in [-0.2, -0.15) is 0 Å². The van der Waals surface area contributed by atoms with Gasteiger partial charge in [-0.15, -0.1) is 11.8 Å². The van der Waals surface area contributed by atoms with E-state index in [9.17, 15) is 0 Å². The first kappa shape index (κ1) is 15.5. The van der Waals surface area contributed by atoms with E-state index in [-0.39, 0.29) is 0 Å². The standard InChI is InChI=1S/C15H21Cl2NS/c1-11-3-2-4-13(9-11)18-7-8-19-15-10-12(16)5-6-14(15)17/h5-6,10-11,13,18H,2-4,7-9H2,1H3. The number of rotatable bonds is 5. The predicted octanol–water partition coefficient (Wildman–Crippen LogP) is 5.25. The van der Waals surface area contributed by atoms with E-state index < -0.39 is 0 Å². The van der Waals surface area contributed by atoms with Gasteiger partial charge in [0.15, 0.2) is 0 Å². The molecule has 0 bridgehead atoms. The molecule has 0 heterocycles. The van der Waals surface area contributed by atoms with Crippen molar-refractivity contribution < 1.29 is 0 Å². The lowest BCUT2D eigenvalue weighted by atomic mass is 9.87. The number of hydrogen-bond acceptors (Lipinski definition) is 2. The topological polar surface area (TPSA) is 12.0 Å². The van der Waals surface area contributed by atoms with Crippen LogP contribution in [0.2, 0.25) is 10.0 Å². The van der Waals surface area contributed by atoms with Gasteiger partial charge in [0.25, 0.3) is 0 Å². The minimum absolute atomic E-state index is 0.708. The first-order valence-corrected chi connectivity index (χ1v) is 8.70. The molecule has 0 saturated heterocycles. The zero-order valence-corrected chi connectivity index (χ0v) is 13.6. The van der Waals surface area contributed by atoms with Crippen LogP contribution in [0.1, 0.15) is 32.6 Å². The molecule has 0 aliphatic heterocycles. The van der Waals surface area contributed by atoms with Crippen molar-refractivity contribution in [2.24, 2.45) is 5.92 Å². The summed E-state index contributed by atoms with van der Waals surface area (Å²) in [6.45, 7) is 3.39. The second-order valence-electron chi connectivity index (χ2n) is 5.35. The van der Waals surface area contributed by atoms with Crippen molar-refractivity contribution in [1.82, 2.24) is 5.32 Å². The molecule has 1 aromatic carbocycles. The zero-order valence-electron chi connectivity index (χ0n) is 11.3. The summed E-state index contributed by atoms with van der Waals surface area (Å²) in [7, 11) is 0. The largest absolute Gasteiger partial charge is 0.313 e. The summed E-state index contributed by atoms with van der Waals surface area (Å²) >= 11 is 13.9. The van der Waals surface area contributed by atoms with E-state index in [4.69, 9.17) is 23.2 Å². The highest BCUT2D eigenvalue weighted by molar-refractivity contribution is 7.99. The number of halogens is 2. The molecular formula is C15H21Cl2NS. The van der Waals surface area contributed by atoms with Crippen molar-refractivity contribution in [3.63, 3.8) is 0 Å². The first-order chi connectivity index (χ1) is 9.15. The van der Waals surface area contributed by atoms with Crippen LogP contribution in [0.15, 0.2) is 23.1 Å². The average Bonchev–Trinajstić information content (AvgIpc) is 2.39. The van der Waals surface area contributed by atoms with E-state index in [1.165, 1.54) is 25.7 Å². The van der Waals surface area contributed by atoms with Crippen molar-refractivity contribution in [3.05, 3.63) is 28.2 Å². The number of nitrogens with one attached hydrogen (secondary N) is 1. The summed E-state index contributed by atoms with van der Waals surface area (Å²) in [4.78, 5) is 1.08. The Hall–Kier alpha value is 0.110. The summed E-state index contributed by atoms with van der Waals surface area (Å²) in [5, 5.41) is 5.20. The van der Waals surface area contributed by atoms with E-state index in [1.807, 2.05) is 18.2 Å². The van der Waals surface area contributed by atoms with Gasteiger partial charge in [-0.1, -0.05) is 43.0 Å². The highest BCUT2D eigenvalue weighted by atomic mass is 35.5. The van der Waals surface area contributed by atoms with Crippen LogP contribution < -0.4 is 5.32 Å². The van der Waals surface area contributed by atoms with Crippen LogP contribution in [0.4, 0.5) is 0 Å². The minimum atomic E-state index is 0.708. The summed E-state index contributed by atoms with van der Waals surface area (Å²) in [6, 6.07) is 6.34. The van der Waals surface area contributed by atoms with Crippen LogP contribution in [-0.4, -0.2) is 18.3 Å². The smallest absolute Gasteiger partial charge is 0.0542 e. The Labute approximate surface area is 130 Å². The summed E-state index contributed by atoms with van der Waals surface area (Å²) in [6.07, 6.45) is 5.41. The lowest BCUT2D eigenvalue weighted by molar-refractivity contribution is 0.306. The third-order valence-electron chi connectivity index (χ3n) is 3.62. The maximum Gasteiger partial charge on any atom is 0.0542 e. The van der Waals surface area contributed by atoms with Gasteiger partial charge in [-0.05, 0) is 37.0 Å². The molecule has 1 aliphatic rings. The maximum atomic E-state index is 6.14. The Balaban J connectivity index is 1.70. The number of benzene rings is 1. The molecule has 1 nitrogen and oxygen atoms in total. The highest BCUT2D eigenvalue weighted by Gasteiger charge is 2.17. The molecule has 2 unspecified atom stereocenters. The van der Waals surface area contributed by atoms with E-state index in [1.54, 1.807) is 11.8 Å². The first-order valence-electron chi connectivity index (χ1n) is 6.96. The van der Waals surface area contributed by atoms with Crippen molar-refractivity contribution in [2.75, 3.05) is 12.3 Å². The number of thioether (sulfide) groups is 1. The van der Waals surface area contributed by atoms with E-state index in [0.717, 1.165) is 33.2 Å². The van der Waals surface area contributed by atoms with Crippen LogP contribution in [-0.2, 0) is 0 Å². The molecular weight excluding hydrogens is 297 g/mol. The molecule has 19 heavy (non-hydrogen) atoms. The fourth-order valence-corrected chi connectivity index (χ4v) is 4.01. The molecule has 106 valence electrons. The Kier molecular flexibility index (Phi) is 6.34. The molecule has 0 spiro atoms. The molecule has 1 saturated carbocycles. The SMILES string of the molecule is CC1CCCC(NCCSc2cc(Cl)ccc2Cl)C1. The van der Waals surface area contributed by atoms with Crippen LogP contribution in [0.25, 0.3) is 0 Å².